The Hall–Kier alpha value is -1.22. The molecule has 1 fully saturated rings. The molecule has 15 heavy (non-hydrogen) atoms. The van der Waals surface area contributed by atoms with Gasteiger partial charge >= 0.3 is 0 Å². The van der Waals surface area contributed by atoms with Crippen LogP contribution >= 0.6 is 0 Å². The Morgan fingerprint density at radius 3 is 2.53 bits per heavy atom. The Morgan fingerprint density at radius 1 is 1.33 bits per heavy atom. The third-order valence-corrected chi connectivity index (χ3v) is 3.08. The molecule has 0 aromatic carbocycles. The summed E-state index contributed by atoms with van der Waals surface area (Å²) in [6, 6.07) is 3.79. The Balaban J connectivity index is 2.22. The molecule has 1 aromatic rings. The van der Waals surface area contributed by atoms with Gasteiger partial charge in [0.2, 0.25) is 0 Å². The molecule has 3 nitrogen and oxygen atoms in total. The highest BCUT2D eigenvalue weighted by Crippen LogP contribution is 2.35. The molecule has 0 unspecified atom stereocenters. The molecule has 0 saturated heterocycles. The van der Waals surface area contributed by atoms with E-state index in [1.807, 2.05) is 19.1 Å². The second kappa shape index (κ2) is 3.74. The van der Waals surface area contributed by atoms with Crippen LogP contribution in [0, 0.1) is 6.92 Å². The van der Waals surface area contributed by atoms with Crippen LogP contribution in [0.2, 0.25) is 0 Å². The standard InChI is InChI=1S/C12H15NO2/c1-9-2-3-10(8-13-9)12(15)6-4-11(14)5-7-12/h2-3,8,15H,4-7H2,1H3. The third kappa shape index (κ3) is 2.07. The Kier molecular flexibility index (Phi) is 2.57. The first-order chi connectivity index (χ1) is 7.10. The number of Topliss-reactive ketones (excluding diaryl/α,β-unsaturated/α-hetero) is 1. The van der Waals surface area contributed by atoms with Crippen molar-refractivity contribution in [2.24, 2.45) is 0 Å². The molecule has 2 rings (SSSR count). The number of hydrogen-bond donors (Lipinski definition) is 1. The zero-order valence-electron chi connectivity index (χ0n) is 8.86. The second-order valence-corrected chi connectivity index (χ2v) is 4.26. The number of pyridine rings is 1. The van der Waals surface area contributed by atoms with Gasteiger partial charge in [0.1, 0.15) is 5.78 Å². The molecular weight excluding hydrogens is 190 g/mol. The van der Waals surface area contributed by atoms with E-state index in [4.69, 9.17) is 0 Å². The third-order valence-electron chi connectivity index (χ3n) is 3.08. The maximum Gasteiger partial charge on any atom is 0.133 e. The number of aromatic nitrogens is 1. The molecule has 3 heteroatoms. The van der Waals surface area contributed by atoms with Crippen LogP contribution in [0.15, 0.2) is 18.3 Å². The monoisotopic (exact) mass is 205 g/mol. The van der Waals surface area contributed by atoms with Crippen LogP contribution in [0.5, 0.6) is 0 Å². The molecule has 0 radical (unpaired) electrons. The van der Waals surface area contributed by atoms with Crippen LogP contribution in [0.1, 0.15) is 36.9 Å². The molecule has 1 saturated carbocycles. The molecule has 0 amide bonds. The van der Waals surface area contributed by atoms with Gasteiger partial charge in [-0.05, 0) is 25.8 Å². The summed E-state index contributed by atoms with van der Waals surface area (Å²) in [5, 5.41) is 10.4. The number of nitrogens with zero attached hydrogens (tertiary/aromatic N) is 1. The zero-order valence-corrected chi connectivity index (χ0v) is 8.86. The van der Waals surface area contributed by atoms with Crippen molar-refractivity contribution in [2.75, 3.05) is 0 Å². The van der Waals surface area contributed by atoms with Gasteiger partial charge in [0.05, 0.1) is 5.60 Å². The van der Waals surface area contributed by atoms with Gasteiger partial charge in [-0.3, -0.25) is 9.78 Å². The van der Waals surface area contributed by atoms with Crippen LogP contribution in [0.3, 0.4) is 0 Å². The van der Waals surface area contributed by atoms with E-state index < -0.39 is 5.60 Å². The van der Waals surface area contributed by atoms with E-state index in [0.717, 1.165) is 11.3 Å². The molecule has 1 N–H and O–H groups in total. The SMILES string of the molecule is Cc1ccc(C2(O)CCC(=O)CC2)cn1. The van der Waals surface area contributed by atoms with Gasteiger partial charge in [-0.1, -0.05) is 6.07 Å². The summed E-state index contributed by atoms with van der Waals surface area (Å²) in [5.74, 6) is 0.250. The average Bonchev–Trinajstić information content (AvgIpc) is 2.24. The predicted octanol–water partition coefficient (Wildman–Crippen LogP) is 1.72. The predicted molar refractivity (Wildman–Crippen MR) is 56.3 cm³/mol. The van der Waals surface area contributed by atoms with Crippen molar-refractivity contribution in [3.63, 3.8) is 0 Å². The maximum absolute atomic E-state index is 11.1. The molecule has 1 heterocycles. The van der Waals surface area contributed by atoms with E-state index in [-0.39, 0.29) is 5.78 Å². The van der Waals surface area contributed by atoms with Crippen molar-refractivity contribution in [3.8, 4) is 0 Å². The lowest BCUT2D eigenvalue weighted by molar-refractivity contribution is -0.125. The smallest absolute Gasteiger partial charge is 0.133 e. The summed E-state index contributed by atoms with van der Waals surface area (Å²) in [5.41, 5.74) is 0.934. The highest BCUT2D eigenvalue weighted by atomic mass is 16.3. The number of carbonyl (C=O) groups is 1. The van der Waals surface area contributed by atoms with E-state index in [0.29, 0.717) is 25.7 Å². The summed E-state index contributed by atoms with van der Waals surface area (Å²) in [4.78, 5) is 15.3. The number of carbonyl (C=O) groups excluding carboxylic acids is 1. The number of hydrogen-bond acceptors (Lipinski definition) is 3. The average molecular weight is 205 g/mol. The van der Waals surface area contributed by atoms with E-state index in [1.54, 1.807) is 6.20 Å². The van der Waals surface area contributed by atoms with Crippen LogP contribution in [-0.2, 0) is 10.4 Å². The van der Waals surface area contributed by atoms with Crippen molar-refractivity contribution in [3.05, 3.63) is 29.6 Å². The van der Waals surface area contributed by atoms with Gasteiger partial charge in [-0.25, -0.2) is 0 Å². The minimum atomic E-state index is -0.839. The first-order valence-electron chi connectivity index (χ1n) is 5.27. The Labute approximate surface area is 89.2 Å². The molecule has 1 aliphatic carbocycles. The first kappa shape index (κ1) is 10.3. The highest BCUT2D eigenvalue weighted by molar-refractivity contribution is 5.79. The van der Waals surface area contributed by atoms with E-state index in [1.165, 1.54) is 0 Å². The lowest BCUT2D eigenvalue weighted by atomic mass is 9.80. The van der Waals surface area contributed by atoms with Gasteiger partial charge in [-0.15, -0.1) is 0 Å². The lowest BCUT2D eigenvalue weighted by Gasteiger charge is -2.31. The molecule has 1 aliphatic rings. The first-order valence-corrected chi connectivity index (χ1v) is 5.27. The van der Waals surface area contributed by atoms with Gasteiger partial charge in [-0.2, -0.15) is 0 Å². The number of ketones is 1. The highest BCUT2D eigenvalue weighted by Gasteiger charge is 2.34. The topological polar surface area (TPSA) is 50.2 Å². The normalized spacial score (nSPS) is 20.3. The molecule has 1 aromatic heterocycles. The Bertz CT molecular complexity index is 360. The van der Waals surface area contributed by atoms with Crippen molar-refractivity contribution < 1.29 is 9.90 Å². The summed E-state index contributed by atoms with van der Waals surface area (Å²) in [6.07, 6.45) is 3.72. The van der Waals surface area contributed by atoms with Gasteiger partial charge < -0.3 is 5.11 Å². The number of aliphatic hydroxyl groups is 1. The summed E-state index contributed by atoms with van der Waals surface area (Å²) in [7, 11) is 0. The minimum absolute atomic E-state index is 0.250. The van der Waals surface area contributed by atoms with Crippen molar-refractivity contribution >= 4 is 5.78 Å². The lowest BCUT2D eigenvalue weighted by Crippen LogP contribution is -2.31. The molecular formula is C12H15NO2. The number of rotatable bonds is 1. The second-order valence-electron chi connectivity index (χ2n) is 4.26. The van der Waals surface area contributed by atoms with Crippen LogP contribution in [-0.4, -0.2) is 15.9 Å². The van der Waals surface area contributed by atoms with Crippen molar-refractivity contribution in [2.45, 2.75) is 38.2 Å². The van der Waals surface area contributed by atoms with Crippen LogP contribution in [0.4, 0.5) is 0 Å². The summed E-state index contributed by atoms with van der Waals surface area (Å²) in [6.45, 7) is 1.91. The van der Waals surface area contributed by atoms with Crippen molar-refractivity contribution in [1.82, 2.24) is 4.98 Å². The van der Waals surface area contributed by atoms with Crippen LogP contribution < -0.4 is 0 Å². The van der Waals surface area contributed by atoms with Crippen molar-refractivity contribution in [1.29, 1.82) is 0 Å². The molecule has 80 valence electrons. The largest absolute Gasteiger partial charge is 0.385 e. The fraction of sp³-hybridized carbons (Fsp3) is 0.500. The summed E-state index contributed by atoms with van der Waals surface area (Å²) < 4.78 is 0. The summed E-state index contributed by atoms with van der Waals surface area (Å²) >= 11 is 0. The Morgan fingerprint density at radius 2 is 2.00 bits per heavy atom. The fourth-order valence-electron chi connectivity index (χ4n) is 1.97. The van der Waals surface area contributed by atoms with Gasteiger partial charge in [0.15, 0.2) is 0 Å². The number of aryl methyl sites for hydroxylation is 1. The van der Waals surface area contributed by atoms with E-state index >= 15 is 0 Å². The van der Waals surface area contributed by atoms with E-state index in [9.17, 15) is 9.90 Å². The van der Waals surface area contributed by atoms with Crippen LogP contribution in [0.25, 0.3) is 0 Å². The van der Waals surface area contributed by atoms with E-state index in [2.05, 4.69) is 4.98 Å². The zero-order chi connectivity index (χ0) is 10.9. The molecule has 0 aliphatic heterocycles. The maximum atomic E-state index is 11.1. The van der Waals surface area contributed by atoms with Gasteiger partial charge in [0, 0.05) is 30.3 Å². The van der Waals surface area contributed by atoms with Gasteiger partial charge in [0.25, 0.3) is 0 Å². The fourth-order valence-corrected chi connectivity index (χ4v) is 1.97. The minimum Gasteiger partial charge on any atom is -0.385 e. The quantitative estimate of drug-likeness (QED) is 0.759. The molecule has 0 atom stereocenters. The molecule has 0 spiro atoms. The molecule has 0 bridgehead atoms.